The largest absolute Gasteiger partial charge is 0.497 e. The van der Waals surface area contributed by atoms with Crippen LogP contribution in [0.3, 0.4) is 0 Å². The van der Waals surface area contributed by atoms with Crippen molar-refractivity contribution in [1.82, 2.24) is 4.90 Å². The fraction of sp³-hybridized carbons (Fsp3) is 0.467. The SMILES string of the molecule is COC(=O)CCN(C(=O)c1cccc(OC)c1)C(C)C. The van der Waals surface area contributed by atoms with E-state index in [1.807, 2.05) is 13.8 Å². The van der Waals surface area contributed by atoms with Gasteiger partial charge >= 0.3 is 5.97 Å². The molecule has 1 aromatic rings. The van der Waals surface area contributed by atoms with Crippen molar-refractivity contribution in [2.75, 3.05) is 20.8 Å². The van der Waals surface area contributed by atoms with Crippen LogP contribution in [0.2, 0.25) is 0 Å². The number of rotatable bonds is 6. The molecule has 0 aliphatic heterocycles. The quantitative estimate of drug-likeness (QED) is 0.748. The number of benzene rings is 1. The highest BCUT2D eigenvalue weighted by molar-refractivity contribution is 5.95. The van der Waals surface area contributed by atoms with E-state index in [0.29, 0.717) is 17.9 Å². The Morgan fingerprint density at radius 1 is 1.25 bits per heavy atom. The van der Waals surface area contributed by atoms with Crippen molar-refractivity contribution >= 4 is 11.9 Å². The lowest BCUT2D eigenvalue weighted by Crippen LogP contribution is -2.38. The van der Waals surface area contributed by atoms with Crippen molar-refractivity contribution in [3.63, 3.8) is 0 Å². The molecule has 0 atom stereocenters. The second-order valence-corrected chi connectivity index (χ2v) is 4.65. The van der Waals surface area contributed by atoms with Gasteiger partial charge in [0.25, 0.3) is 5.91 Å². The monoisotopic (exact) mass is 279 g/mol. The Balaban J connectivity index is 2.85. The molecule has 0 aliphatic rings. The highest BCUT2D eigenvalue weighted by Gasteiger charge is 2.20. The molecule has 1 amide bonds. The first-order valence-corrected chi connectivity index (χ1v) is 6.51. The summed E-state index contributed by atoms with van der Waals surface area (Å²) >= 11 is 0. The minimum Gasteiger partial charge on any atom is -0.497 e. The number of hydrogen-bond donors (Lipinski definition) is 0. The molecule has 0 aromatic heterocycles. The topological polar surface area (TPSA) is 55.8 Å². The van der Waals surface area contributed by atoms with E-state index in [4.69, 9.17) is 4.74 Å². The van der Waals surface area contributed by atoms with Crippen LogP contribution in [0.25, 0.3) is 0 Å². The van der Waals surface area contributed by atoms with Gasteiger partial charge in [-0.25, -0.2) is 0 Å². The van der Waals surface area contributed by atoms with Crippen LogP contribution >= 0.6 is 0 Å². The van der Waals surface area contributed by atoms with Crippen LogP contribution in [0.1, 0.15) is 30.6 Å². The number of carbonyl (C=O) groups is 2. The molecule has 0 spiro atoms. The van der Waals surface area contributed by atoms with Gasteiger partial charge in [-0.1, -0.05) is 6.07 Å². The highest BCUT2D eigenvalue weighted by Crippen LogP contribution is 2.16. The first-order chi connectivity index (χ1) is 9.49. The first-order valence-electron chi connectivity index (χ1n) is 6.51. The highest BCUT2D eigenvalue weighted by atomic mass is 16.5. The predicted octanol–water partition coefficient (Wildman–Crippen LogP) is 2.11. The van der Waals surface area contributed by atoms with Crippen LogP contribution in [0.15, 0.2) is 24.3 Å². The fourth-order valence-corrected chi connectivity index (χ4v) is 1.83. The van der Waals surface area contributed by atoms with E-state index in [1.165, 1.54) is 7.11 Å². The van der Waals surface area contributed by atoms with Gasteiger partial charge in [0, 0.05) is 18.2 Å². The summed E-state index contributed by atoms with van der Waals surface area (Å²) < 4.78 is 9.72. The van der Waals surface area contributed by atoms with Gasteiger partial charge in [0.05, 0.1) is 20.6 Å². The van der Waals surface area contributed by atoms with Gasteiger partial charge in [-0.3, -0.25) is 9.59 Å². The third-order valence-corrected chi connectivity index (χ3v) is 2.99. The molecule has 0 saturated heterocycles. The minimum atomic E-state index is -0.325. The Morgan fingerprint density at radius 2 is 1.95 bits per heavy atom. The number of amides is 1. The van der Waals surface area contributed by atoms with E-state index in [9.17, 15) is 9.59 Å². The second-order valence-electron chi connectivity index (χ2n) is 4.65. The summed E-state index contributed by atoms with van der Waals surface area (Å²) in [6.07, 6.45) is 0.185. The van der Waals surface area contributed by atoms with E-state index in [-0.39, 0.29) is 24.3 Å². The first kappa shape index (κ1) is 16.0. The van der Waals surface area contributed by atoms with E-state index < -0.39 is 0 Å². The molecule has 5 nitrogen and oxygen atoms in total. The molecule has 0 N–H and O–H groups in total. The van der Waals surface area contributed by atoms with E-state index in [2.05, 4.69) is 4.74 Å². The normalized spacial score (nSPS) is 10.2. The number of carbonyl (C=O) groups excluding carboxylic acids is 2. The summed E-state index contributed by atoms with van der Waals surface area (Å²) in [5.41, 5.74) is 0.544. The van der Waals surface area contributed by atoms with Crippen molar-refractivity contribution in [3.05, 3.63) is 29.8 Å². The van der Waals surface area contributed by atoms with Gasteiger partial charge in [-0.15, -0.1) is 0 Å². The lowest BCUT2D eigenvalue weighted by atomic mass is 10.1. The molecular formula is C15H21NO4. The van der Waals surface area contributed by atoms with Crippen LogP contribution in [0, 0.1) is 0 Å². The molecule has 0 fully saturated rings. The van der Waals surface area contributed by atoms with E-state index in [1.54, 1.807) is 36.3 Å². The van der Waals surface area contributed by atoms with Gasteiger partial charge in [0.15, 0.2) is 0 Å². The van der Waals surface area contributed by atoms with Crippen molar-refractivity contribution < 1.29 is 19.1 Å². The zero-order chi connectivity index (χ0) is 15.1. The maximum Gasteiger partial charge on any atom is 0.307 e. The van der Waals surface area contributed by atoms with Gasteiger partial charge in [0.2, 0.25) is 0 Å². The van der Waals surface area contributed by atoms with Crippen LogP contribution in [0.4, 0.5) is 0 Å². The Bertz CT molecular complexity index is 471. The third kappa shape index (κ3) is 4.26. The molecule has 0 saturated carbocycles. The molecule has 0 unspecified atom stereocenters. The Morgan fingerprint density at radius 3 is 2.50 bits per heavy atom. The van der Waals surface area contributed by atoms with Crippen LogP contribution in [-0.2, 0) is 9.53 Å². The van der Waals surface area contributed by atoms with Gasteiger partial charge in [-0.2, -0.15) is 0 Å². The maximum atomic E-state index is 12.5. The zero-order valence-electron chi connectivity index (χ0n) is 12.4. The lowest BCUT2D eigenvalue weighted by molar-refractivity contribution is -0.140. The Kier molecular flexibility index (Phi) is 6.03. The average Bonchev–Trinajstić information content (AvgIpc) is 2.46. The van der Waals surface area contributed by atoms with Crippen molar-refractivity contribution in [2.24, 2.45) is 0 Å². The summed E-state index contributed by atoms with van der Waals surface area (Å²) in [4.78, 5) is 25.3. The molecule has 1 rings (SSSR count). The lowest BCUT2D eigenvalue weighted by Gasteiger charge is -2.26. The number of methoxy groups -OCH3 is 2. The Hall–Kier alpha value is -2.04. The number of hydrogen-bond acceptors (Lipinski definition) is 4. The summed E-state index contributed by atoms with van der Waals surface area (Å²) in [5, 5.41) is 0. The molecule has 20 heavy (non-hydrogen) atoms. The minimum absolute atomic E-state index is 0.00152. The van der Waals surface area contributed by atoms with Crippen molar-refractivity contribution in [3.8, 4) is 5.75 Å². The van der Waals surface area contributed by atoms with Crippen molar-refractivity contribution in [2.45, 2.75) is 26.3 Å². The molecule has 0 aliphatic carbocycles. The van der Waals surface area contributed by atoms with E-state index >= 15 is 0 Å². The smallest absolute Gasteiger partial charge is 0.307 e. The molecular weight excluding hydrogens is 258 g/mol. The van der Waals surface area contributed by atoms with Crippen LogP contribution in [0.5, 0.6) is 5.75 Å². The number of esters is 1. The summed E-state index contributed by atoms with van der Waals surface area (Å²) in [6.45, 7) is 4.16. The maximum absolute atomic E-state index is 12.5. The molecule has 1 aromatic carbocycles. The van der Waals surface area contributed by atoms with Gasteiger partial charge in [-0.05, 0) is 32.0 Å². The van der Waals surface area contributed by atoms with Crippen LogP contribution in [-0.4, -0.2) is 43.6 Å². The Labute approximate surface area is 119 Å². The molecule has 110 valence electrons. The van der Waals surface area contributed by atoms with Gasteiger partial charge in [0.1, 0.15) is 5.75 Å². The average molecular weight is 279 g/mol. The third-order valence-electron chi connectivity index (χ3n) is 2.99. The van der Waals surface area contributed by atoms with E-state index in [0.717, 1.165) is 0 Å². The molecule has 0 heterocycles. The van der Waals surface area contributed by atoms with Gasteiger partial charge < -0.3 is 14.4 Å². The fourth-order valence-electron chi connectivity index (χ4n) is 1.83. The summed E-state index contributed by atoms with van der Waals surface area (Å²) in [5.74, 6) is 0.185. The number of nitrogens with zero attached hydrogens (tertiary/aromatic N) is 1. The molecule has 0 bridgehead atoms. The van der Waals surface area contributed by atoms with Crippen molar-refractivity contribution in [1.29, 1.82) is 0 Å². The zero-order valence-corrected chi connectivity index (χ0v) is 12.4. The summed E-state index contributed by atoms with van der Waals surface area (Å²) in [6, 6.07) is 6.97. The van der Waals surface area contributed by atoms with Crippen LogP contribution < -0.4 is 4.74 Å². The number of ether oxygens (including phenoxy) is 2. The standard InChI is InChI=1S/C15H21NO4/c1-11(2)16(9-8-14(17)20-4)15(18)12-6-5-7-13(10-12)19-3/h5-7,10-11H,8-9H2,1-4H3. The predicted molar refractivity (Wildman–Crippen MR) is 75.8 cm³/mol. The summed E-state index contributed by atoms with van der Waals surface area (Å²) in [7, 11) is 2.90. The molecule has 5 heteroatoms. The molecule has 0 radical (unpaired) electrons. The second kappa shape index (κ2) is 7.53.